The van der Waals surface area contributed by atoms with E-state index in [1.165, 1.54) is 0 Å². The maximum Gasteiger partial charge on any atom is 0.233 e. The fraction of sp³-hybridized carbons (Fsp3) is 0. The number of aromatic nitrogens is 4. The molecule has 2 heterocycles. The number of nitrogens with zero attached hydrogens (tertiary/aromatic N) is 4. The van der Waals surface area contributed by atoms with Crippen LogP contribution in [0.15, 0.2) is 36.5 Å². The van der Waals surface area contributed by atoms with Gasteiger partial charge >= 0.3 is 0 Å². The average Bonchev–Trinajstić information content (AvgIpc) is 2.38. The van der Waals surface area contributed by atoms with Gasteiger partial charge in [0, 0.05) is 11.6 Å². The first-order chi connectivity index (χ1) is 9.22. The van der Waals surface area contributed by atoms with E-state index < -0.39 is 0 Å². The van der Waals surface area contributed by atoms with Crippen molar-refractivity contribution in [1.29, 1.82) is 0 Å². The minimum absolute atomic E-state index is 0.0446. The van der Waals surface area contributed by atoms with Crippen molar-refractivity contribution >= 4 is 40.1 Å². The van der Waals surface area contributed by atoms with Crippen molar-refractivity contribution in [2.45, 2.75) is 0 Å². The van der Waals surface area contributed by atoms with Crippen LogP contribution in [0.3, 0.4) is 0 Å². The fourth-order valence-electron chi connectivity index (χ4n) is 1.75. The summed E-state index contributed by atoms with van der Waals surface area (Å²) in [7, 11) is 0. The van der Waals surface area contributed by atoms with E-state index in [1.54, 1.807) is 6.20 Å². The van der Waals surface area contributed by atoms with Crippen molar-refractivity contribution < 1.29 is 0 Å². The largest absolute Gasteiger partial charge is 0.368 e. The summed E-state index contributed by atoms with van der Waals surface area (Å²) in [6, 6.07) is 9.62. The molecule has 3 aromatic rings. The summed E-state index contributed by atoms with van der Waals surface area (Å²) in [4.78, 5) is 16.0. The number of nitrogen functional groups attached to an aromatic ring is 1. The number of pyridine rings is 1. The fourth-order valence-corrected chi connectivity index (χ4v) is 1.91. The zero-order valence-corrected chi connectivity index (χ0v) is 10.5. The summed E-state index contributed by atoms with van der Waals surface area (Å²) in [6.07, 6.45) is 1.72. The second-order valence-electron chi connectivity index (χ2n) is 3.79. The molecule has 6 nitrogen and oxygen atoms in total. The van der Waals surface area contributed by atoms with E-state index in [1.807, 2.05) is 30.3 Å². The Morgan fingerprint density at radius 3 is 2.74 bits per heavy atom. The Kier molecular flexibility index (Phi) is 2.85. The van der Waals surface area contributed by atoms with E-state index in [0.29, 0.717) is 0 Å². The Bertz CT molecular complexity index is 720. The van der Waals surface area contributed by atoms with Gasteiger partial charge in [0.15, 0.2) is 0 Å². The van der Waals surface area contributed by atoms with Gasteiger partial charge in [-0.2, -0.15) is 15.0 Å². The van der Waals surface area contributed by atoms with Gasteiger partial charge in [0.1, 0.15) is 0 Å². The summed E-state index contributed by atoms with van der Waals surface area (Å²) >= 11 is 5.74. The highest BCUT2D eigenvalue weighted by atomic mass is 35.5. The molecule has 0 aliphatic carbocycles. The van der Waals surface area contributed by atoms with E-state index in [4.69, 9.17) is 17.3 Å². The SMILES string of the molecule is Nc1nc(Cl)nc(Nc2cccc3cccnc23)n1. The first kappa shape index (κ1) is 11.6. The van der Waals surface area contributed by atoms with Gasteiger partial charge in [0.05, 0.1) is 11.2 Å². The van der Waals surface area contributed by atoms with E-state index in [0.717, 1.165) is 16.6 Å². The molecule has 0 fully saturated rings. The number of hydrogen-bond donors (Lipinski definition) is 2. The highest BCUT2D eigenvalue weighted by Gasteiger charge is 2.06. The monoisotopic (exact) mass is 272 g/mol. The van der Waals surface area contributed by atoms with Crippen LogP contribution < -0.4 is 11.1 Å². The van der Waals surface area contributed by atoms with Crippen LogP contribution in [0.2, 0.25) is 5.28 Å². The highest BCUT2D eigenvalue weighted by molar-refractivity contribution is 6.28. The van der Waals surface area contributed by atoms with E-state index in [-0.39, 0.29) is 17.2 Å². The molecule has 94 valence electrons. The van der Waals surface area contributed by atoms with Gasteiger partial charge in [0.25, 0.3) is 0 Å². The van der Waals surface area contributed by atoms with Crippen molar-refractivity contribution in [3.05, 3.63) is 41.8 Å². The minimum Gasteiger partial charge on any atom is -0.368 e. The lowest BCUT2D eigenvalue weighted by Gasteiger charge is -2.07. The summed E-state index contributed by atoms with van der Waals surface area (Å²) in [6.45, 7) is 0. The molecule has 0 atom stereocenters. The molecular weight excluding hydrogens is 264 g/mol. The molecule has 1 aromatic carbocycles. The summed E-state index contributed by atoms with van der Waals surface area (Å²) < 4.78 is 0. The Morgan fingerprint density at radius 2 is 1.89 bits per heavy atom. The molecule has 2 aromatic heterocycles. The topological polar surface area (TPSA) is 89.6 Å². The smallest absolute Gasteiger partial charge is 0.233 e. The van der Waals surface area contributed by atoms with Crippen LogP contribution in [0.5, 0.6) is 0 Å². The second kappa shape index (κ2) is 4.66. The van der Waals surface area contributed by atoms with Crippen LogP contribution in [0.25, 0.3) is 10.9 Å². The lowest BCUT2D eigenvalue weighted by atomic mass is 10.2. The second-order valence-corrected chi connectivity index (χ2v) is 4.13. The highest BCUT2D eigenvalue weighted by Crippen LogP contribution is 2.23. The number of benzene rings is 1. The van der Waals surface area contributed by atoms with Crippen LogP contribution in [0.4, 0.5) is 17.6 Å². The van der Waals surface area contributed by atoms with Crippen molar-refractivity contribution in [3.63, 3.8) is 0 Å². The van der Waals surface area contributed by atoms with Crippen molar-refractivity contribution in [3.8, 4) is 0 Å². The van der Waals surface area contributed by atoms with E-state index >= 15 is 0 Å². The number of nitrogens with one attached hydrogen (secondary N) is 1. The molecule has 7 heteroatoms. The number of anilines is 3. The van der Waals surface area contributed by atoms with Gasteiger partial charge in [-0.15, -0.1) is 0 Å². The van der Waals surface area contributed by atoms with Crippen LogP contribution in [-0.2, 0) is 0 Å². The Morgan fingerprint density at radius 1 is 1.05 bits per heavy atom. The zero-order chi connectivity index (χ0) is 13.2. The molecule has 0 unspecified atom stereocenters. The zero-order valence-electron chi connectivity index (χ0n) is 9.71. The third-order valence-electron chi connectivity index (χ3n) is 2.50. The molecule has 3 rings (SSSR count). The normalized spacial score (nSPS) is 10.6. The minimum atomic E-state index is 0.0446. The predicted molar refractivity (Wildman–Crippen MR) is 74.3 cm³/mol. The number of nitrogens with two attached hydrogens (primary N) is 1. The van der Waals surface area contributed by atoms with Crippen LogP contribution in [0, 0.1) is 0 Å². The predicted octanol–water partition coefficient (Wildman–Crippen LogP) is 2.40. The van der Waals surface area contributed by atoms with Gasteiger partial charge in [-0.3, -0.25) is 4.98 Å². The molecule has 3 N–H and O–H groups in total. The maximum atomic E-state index is 5.74. The summed E-state index contributed by atoms with van der Waals surface area (Å²) in [5.74, 6) is 0.353. The van der Waals surface area contributed by atoms with Crippen LogP contribution in [0.1, 0.15) is 0 Å². The number of fused-ring (bicyclic) bond motifs is 1. The van der Waals surface area contributed by atoms with Gasteiger partial charge in [-0.05, 0) is 23.7 Å². The van der Waals surface area contributed by atoms with Gasteiger partial charge in [0.2, 0.25) is 17.2 Å². The molecule has 0 bridgehead atoms. The van der Waals surface area contributed by atoms with Crippen molar-refractivity contribution in [1.82, 2.24) is 19.9 Å². The Balaban J connectivity index is 2.05. The molecular formula is C12H9ClN6. The number of para-hydroxylation sites is 1. The quantitative estimate of drug-likeness (QED) is 0.744. The molecule has 0 spiro atoms. The molecule has 19 heavy (non-hydrogen) atoms. The maximum absolute atomic E-state index is 5.74. The molecule has 0 amide bonds. The lowest BCUT2D eigenvalue weighted by molar-refractivity contribution is 1.07. The number of hydrogen-bond acceptors (Lipinski definition) is 6. The van der Waals surface area contributed by atoms with Crippen LogP contribution >= 0.6 is 11.6 Å². The third-order valence-corrected chi connectivity index (χ3v) is 2.67. The van der Waals surface area contributed by atoms with Crippen molar-refractivity contribution in [2.24, 2.45) is 0 Å². The molecule has 0 radical (unpaired) electrons. The summed E-state index contributed by atoms with van der Waals surface area (Å²) in [5, 5.41) is 4.10. The van der Waals surface area contributed by atoms with Crippen LogP contribution in [-0.4, -0.2) is 19.9 Å². The molecule has 0 saturated heterocycles. The Labute approximate surface area is 113 Å². The van der Waals surface area contributed by atoms with Crippen molar-refractivity contribution in [2.75, 3.05) is 11.1 Å². The summed E-state index contributed by atoms with van der Waals surface area (Å²) in [5.41, 5.74) is 7.12. The van der Waals surface area contributed by atoms with Gasteiger partial charge in [-0.25, -0.2) is 0 Å². The molecule has 0 saturated carbocycles. The first-order valence-corrected chi connectivity index (χ1v) is 5.88. The number of rotatable bonds is 2. The van der Waals surface area contributed by atoms with Gasteiger partial charge < -0.3 is 11.1 Å². The average molecular weight is 273 g/mol. The lowest BCUT2D eigenvalue weighted by Crippen LogP contribution is -2.03. The molecule has 0 aliphatic rings. The third kappa shape index (κ3) is 2.38. The van der Waals surface area contributed by atoms with E-state index in [9.17, 15) is 0 Å². The standard InChI is InChI=1S/C12H9ClN6/c13-10-17-11(14)19-12(18-10)16-8-5-1-3-7-4-2-6-15-9(7)8/h1-6H,(H3,14,16,17,18,19). The number of halogens is 1. The van der Waals surface area contributed by atoms with E-state index in [2.05, 4.69) is 25.3 Å². The Hall–Kier alpha value is -2.47. The first-order valence-electron chi connectivity index (χ1n) is 5.50. The molecule has 0 aliphatic heterocycles. The van der Waals surface area contributed by atoms with Gasteiger partial charge in [-0.1, -0.05) is 18.2 Å².